The van der Waals surface area contributed by atoms with E-state index in [1.165, 1.54) is 0 Å². The third-order valence-electron chi connectivity index (χ3n) is 3.40. The fourth-order valence-electron chi connectivity index (χ4n) is 1.98. The molecule has 0 spiro atoms. The molecule has 1 aromatic rings. The highest BCUT2D eigenvalue weighted by atomic mass is 79.9. The number of hydrogen-bond donors (Lipinski definition) is 2. The topological polar surface area (TPSA) is 55.1 Å². The molecule has 0 heterocycles. The van der Waals surface area contributed by atoms with Gasteiger partial charge in [0.05, 0.1) is 26.1 Å². The van der Waals surface area contributed by atoms with Gasteiger partial charge in [0.2, 0.25) is 5.91 Å². The molecule has 1 saturated carbocycles. The van der Waals surface area contributed by atoms with Crippen LogP contribution < -0.4 is 11.1 Å². The van der Waals surface area contributed by atoms with Crippen molar-refractivity contribution in [2.24, 2.45) is 11.1 Å². The van der Waals surface area contributed by atoms with Crippen molar-refractivity contribution in [1.82, 2.24) is 0 Å². The van der Waals surface area contributed by atoms with E-state index in [0.29, 0.717) is 33.0 Å². The minimum absolute atomic E-state index is 0.216. The maximum absolute atomic E-state index is 12.3. The van der Waals surface area contributed by atoms with Gasteiger partial charge in [-0.05, 0) is 40.9 Å². The third kappa shape index (κ3) is 2.61. The Morgan fingerprint density at radius 3 is 2.47 bits per heavy atom. The maximum atomic E-state index is 12.3. The Balaban J connectivity index is 2.25. The lowest BCUT2D eigenvalue weighted by Crippen LogP contribution is -2.50. The minimum Gasteiger partial charge on any atom is -0.392 e. The highest BCUT2D eigenvalue weighted by Gasteiger charge is 2.47. The van der Waals surface area contributed by atoms with Crippen molar-refractivity contribution in [2.45, 2.75) is 19.3 Å². The summed E-state index contributed by atoms with van der Waals surface area (Å²) in [5.74, 6) is -0.216. The second kappa shape index (κ2) is 5.56. The van der Waals surface area contributed by atoms with E-state index < -0.39 is 5.41 Å². The monoisotopic (exact) mass is 380 g/mol. The van der Waals surface area contributed by atoms with Crippen molar-refractivity contribution in [3.8, 4) is 0 Å². The highest BCUT2D eigenvalue weighted by molar-refractivity contribution is 9.10. The normalized spacial score (nSPS) is 16.6. The molecule has 1 fully saturated rings. The fraction of sp³-hybridized carbons (Fsp3) is 0.333. The first-order chi connectivity index (χ1) is 8.88. The van der Waals surface area contributed by atoms with E-state index >= 15 is 0 Å². The second-order valence-electron chi connectivity index (χ2n) is 4.48. The van der Waals surface area contributed by atoms with Crippen LogP contribution in [0, 0.1) is 5.41 Å². The van der Waals surface area contributed by atoms with Gasteiger partial charge < -0.3 is 11.1 Å². The SMILES string of the molecule is NC(=S)C1(C(=O)Nc2ccc(Br)c(Cl)c2Cl)CCC1. The number of thiocarbonyl (C=S) groups is 1. The molecule has 0 unspecified atom stereocenters. The number of halogens is 3. The number of nitrogens with one attached hydrogen (secondary N) is 1. The largest absolute Gasteiger partial charge is 0.392 e. The predicted octanol–water partition coefficient (Wildman–Crippen LogP) is 4.15. The van der Waals surface area contributed by atoms with E-state index in [9.17, 15) is 4.79 Å². The number of carbonyl (C=O) groups is 1. The summed E-state index contributed by atoms with van der Waals surface area (Å²) in [7, 11) is 0. The lowest BCUT2D eigenvalue weighted by atomic mass is 9.68. The van der Waals surface area contributed by atoms with Crippen LogP contribution >= 0.6 is 51.3 Å². The number of carbonyl (C=O) groups excluding carboxylic acids is 1. The van der Waals surface area contributed by atoms with E-state index in [4.69, 9.17) is 41.2 Å². The first-order valence-corrected chi connectivity index (χ1v) is 7.59. The van der Waals surface area contributed by atoms with Crippen LogP contribution in [0.25, 0.3) is 0 Å². The standard InChI is InChI=1S/C12H11BrCl2N2OS/c13-6-2-3-7(9(15)8(6)14)17-11(18)12(10(16)19)4-1-5-12/h2-3H,1,4-5H2,(H2,16,19)(H,17,18). The molecular weight excluding hydrogens is 371 g/mol. The number of benzene rings is 1. The molecule has 0 aliphatic heterocycles. The van der Waals surface area contributed by atoms with Gasteiger partial charge in [-0.25, -0.2) is 0 Å². The Hall–Kier alpha value is -0.360. The van der Waals surface area contributed by atoms with Crippen LogP contribution in [0.2, 0.25) is 10.0 Å². The summed E-state index contributed by atoms with van der Waals surface area (Å²) in [6.07, 6.45) is 2.30. The quantitative estimate of drug-likeness (QED) is 0.610. The summed E-state index contributed by atoms with van der Waals surface area (Å²) in [6.45, 7) is 0. The summed E-state index contributed by atoms with van der Waals surface area (Å²) in [6, 6.07) is 3.40. The molecule has 1 aromatic carbocycles. The molecule has 0 radical (unpaired) electrons. The zero-order chi connectivity index (χ0) is 14.2. The summed E-state index contributed by atoms with van der Waals surface area (Å²) in [5, 5.41) is 3.41. The summed E-state index contributed by atoms with van der Waals surface area (Å²) < 4.78 is 0.671. The van der Waals surface area contributed by atoms with Gasteiger partial charge in [0.25, 0.3) is 0 Å². The Morgan fingerprint density at radius 2 is 2.00 bits per heavy atom. The Bertz CT molecular complexity index is 561. The van der Waals surface area contributed by atoms with Crippen molar-refractivity contribution in [1.29, 1.82) is 0 Å². The van der Waals surface area contributed by atoms with E-state index in [1.807, 2.05) is 0 Å². The third-order valence-corrected chi connectivity index (χ3v) is 5.56. The molecule has 0 aromatic heterocycles. The molecule has 2 rings (SSSR count). The molecule has 0 bridgehead atoms. The van der Waals surface area contributed by atoms with Gasteiger partial charge in [0, 0.05) is 4.47 Å². The van der Waals surface area contributed by atoms with Gasteiger partial charge >= 0.3 is 0 Å². The van der Waals surface area contributed by atoms with Crippen LogP contribution in [0.3, 0.4) is 0 Å². The van der Waals surface area contributed by atoms with Gasteiger partial charge in [-0.15, -0.1) is 0 Å². The molecule has 19 heavy (non-hydrogen) atoms. The van der Waals surface area contributed by atoms with Crippen LogP contribution in [-0.2, 0) is 4.79 Å². The van der Waals surface area contributed by atoms with Crippen molar-refractivity contribution >= 4 is 67.9 Å². The number of nitrogens with two attached hydrogens (primary N) is 1. The molecular formula is C12H11BrCl2N2OS. The molecule has 0 atom stereocenters. The Labute approximate surface area is 134 Å². The fourth-order valence-corrected chi connectivity index (χ4v) is 3.10. The lowest BCUT2D eigenvalue weighted by molar-refractivity contribution is -0.125. The van der Waals surface area contributed by atoms with Crippen LogP contribution in [0.15, 0.2) is 16.6 Å². The smallest absolute Gasteiger partial charge is 0.237 e. The van der Waals surface area contributed by atoms with Gasteiger partial charge in [-0.3, -0.25) is 4.79 Å². The molecule has 0 saturated heterocycles. The van der Waals surface area contributed by atoms with Crippen molar-refractivity contribution < 1.29 is 4.79 Å². The number of rotatable bonds is 3. The van der Waals surface area contributed by atoms with E-state index in [-0.39, 0.29) is 10.9 Å². The summed E-state index contributed by atoms with van der Waals surface area (Å²) in [4.78, 5) is 12.5. The zero-order valence-corrected chi connectivity index (χ0v) is 13.7. The average Bonchev–Trinajstić information content (AvgIpc) is 2.28. The van der Waals surface area contributed by atoms with Gasteiger partial charge in [-0.1, -0.05) is 41.8 Å². The van der Waals surface area contributed by atoms with Crippen LogP contribution in [0.5, 0.6) is 0 Å². The van der Waals surface area contributed by atoms with E-state index in [1.54, 1.807) is 12.1 Å². The first kappa shape index (κ1) is 15.0. The van der Waals surface area contributed by atoms with Gasteiger partial charge in [0.1, 0.15) is 0 Å². The van der Waals surface area contributed by atoms with Crippen LogP contribution in [-0.4, -0.2) is 10.9 Å². The summed E-state index contributed by atoms with van der Waals surface area (Å²) >= 11 is 20.4. The Kier molecular flexibility index (Phi) is 4.40. The lowest BCUT2D eigenvalue weighted by Gasteiger charge is -2.39. The van der Waals surface area contributed by atoms with Gasteiger partial charge in [0.15, 0.2) is 0 Å². The number of amides is 1. The predicted molar refractivity (Wildman–Crippen MR) is 85.9 cm³/mol. The molecule has 102 valence electrons. The molecule has 3 N–H and O–H groups in total. The zero-order valence-electron chi connectivity index (χ0n) is 9.80. The number of hydrogen-bond acceptors (Lipinski definition) is 2. The molecule has 7 heteroatoms. The average molecular weight is 382 g/mol. The van der Waals surface area contributed by atoms with E-state index in [0.717, 1.165) is 6.42 Å². The second-order valence-corrected chi connectivity index (χ2v) is 6.53. The van der Waals surface area contributed by atoms with Crippen molar-refractivity contribution in [3.63, 3.8) is 0 Å². The van der Waals surface area contributed by atoms with E-state index in [2.05, 4.69) is 21.2 Å². The van der Waals surface area contributed by atoms with Gasteiger partial charge in [-0.2, -0.15) is 0 Å². The van der Waals surface area contributed by atoms with Crippen LogP contribution in [0.1, 0.15) is 19.3 Å². The Morgan fingerprint density at radius 1 is 1.37 bits per heavy atom. The number of anilines is 1. The molecule has 1 amide bonds. The minimum atomic E-state index is -0.738. The van der Waals surface area contributed by atoms with Crippen molar-refractivity contribution in [3.05, 3.63) is 26.7 Å². The highest BCUT2D eigenvalue weighted by Crippen LogP contribution is 2.43. The molecule has 1 aliphatic carbocycles. The maximum Gasteiger partial charge on any atom is 0.237 e. The first-order valence-electron chi connectivity index (χ1n) is 5.63. The molecule has 3 nitrogen and oxygen atoms in total. The molecule has 1 aliphatic rings. The van der Waals surface area contributed by atoms with Crippen LogP contribution in [0.4, 0.5) is 5.69 Å². The van der Waals surface area contributed by atoms with Crippen molar-refractivity contribution in [2.75, 3.05) is 5.32 Å². The summed E-state index contributed by atoms with van der Waals surface area (Å²) in [5.41, 5.74) is 5.41.